The summed E-state index contributed by atoms with van der Waals surface area (Å²) in [6, 6.07) is 15.3. The maximum Gasteiger partial charge on any atom is 0.224 e. The zero-order chi connectivity index (χ0) is 15.8. The maximum atomic E-state index is 12.0. The third-order valence-corrected chi connectivity index (χ3v) is 3.23. The lowest BCUT2D eigenvalue weighted by Crippen LogP contribution is -2.12. The monoisotopic (exact) mass is 299 g/mol. The standard InChI is InChI=1S/C18H21NO3/c1-3-22-16-11-10-15(13-17(16)21-2)19-18(20)12-9-14-7-5-4-6-8-14/h4-8,10-11,13H,3,9,12H2,1-2H3,(H,19,20). The lowest BCUT2D eigenvalue weighted by Gasteiger charge is -2.11. The zero-order valence-electron chi connectivity index (χ0n) is 13.0. The van der Waals surface area contributed by atoms with Crippen molar-refractivity contribution < 1.29 is 14.3 Å². The van der Waals surface area contributed by atoms with Gasteiger partial charge in [-0.25, -0.2) is 0 Å². The number of rotatable bonds is 7. The highest BCUT2D eigenvalue weighted by molar-refractivity contribution is 5.91. The van der Waals surface area contributed by atoms with Crippen LogP contribution in [-0.4, -0.2) is 19.6 Å². The Bertz CT molecular complexity index is 611. The van der Waals surface area contributed by atoms with Gasteiger partial charge in [-0.05, 0) is 31.0 Å². The van der Waals surface area contributed by atoms with Crippen LogP contribution in [0.1, 0.15) is 18.9 Å². The van der Waals surface area contributed by atoms with Gasteiger partial charge in [-0.3, -0.25) is 4.79 Å². The van der Waals surface area contributed by atoms with Crippen molar-refractivity contribution in [2.75, 3.05) is 19.0 Å². The summed E-state index contributed by atoms with van der Waals surface area (Å²) in [5.41, 5.74) is 1.86. The van der Waals surface area contributed by atoms with Crippen LogP contribution in [0.2, 0.25) is 0 Å². The third-order valence-electron chi connectivity index (χ3n) is 3.23. The van der Waals surface area contributed by atoms with E-state index in [2.05, 4.69) is 5.32 Å². The molecule has 0 spiro atoms. The average molecular weight is 299 g/mol. The summed E-state index contributed by atoms with van der Waals surface area (Å²) in [5, 5.41) is 2.88. The first-order valence-electron chi connectivity index (χ1n) is 7.37. The number of ether oxygens (including phenoxy) is 2. The summed E-state index contributed by atoms with van der Waals surface area (Å²) in [6.07, 6.45) is 1.17. The van der Waals surface area contributed by atoms with E-state index in [0.717, 1.165) is 12.0 Å². The van der Waals surface area contributed by atoms with Crippen molar-refractivity contribution in [3.63, 3.8) is 0 Å². The van der Waals surface area contributed by atoms with Crippen LogP contribution in [-0.2, 0) is 11.2 Å². The fraction of sp³-hybridized carbons (Fsp3) is 0.278. The minimum Gasteiger partial charge on any atom is -0.493 e. The first-order chi connectivity index (χ1) is 10.7. The Morgan fingerprint density at radius 1 is 1.09 bits per heavy atom. The number of hydrogen-bond acceptors (Lipinski definition) is 3. The molecule has 0 saturated heterocycles. The molecular weight excluding hydrogens is 278 g/mol. The molecule has 0 atom stereocenters. The lowest BCUT2D eigenvalue weighted by atomic mass is 10.1. The van der Waals surface area contributed by atoms with Crippen molar-refractivity contribution in [1.82, 2.24) is 0 Å². The van der Waals surface area contributed by atoms with Crippen LogP contribution in [0.15, 0.2) is 48.5 Å². The van der Waals surface area contributed by atoms with E-state index in [0.29, 0.717) is 30.2 Å². The summed E-state index contributed by atoms with van der Waals surface area (Å²) in [4.78, 5) is 12.0. The van der Waals surface area contributed by atoms with E-state index in [1.165, 1.54) is 0 Å². The van der Waals surface area contributed by atoms with Crippen LogP contribution < -0.4 is 14.8 Å². The third kappa shape index (κ3) is 4.52. The molecule has 0 saturated carbocycles. The number of nitrogens with one attached hydrogen (secondary N) is 1. The van der Waals surface area contributed by atoms with Gasteiger partial charge in [-0.2, -0.15) is 0 Å². The normalized spacial score (nSPS) is 10.1. The van der Waals surface area contributed by atoms with Crippen molar-refractivity contribution in [2.24, 2.45) is 0 Å². The van der Waals surface area contributed by atoms with Crippen LogP contribution in [0.25, 0.3) is 0 Å². The summed E-state index contributed by atoms with van der Waals surface area (Å²) >= 11 is 0. The minimum absolute atomic E-state index is 0.0185. The van der Waals surface area contributed by atoms with Crippen LogP contribution in [0, 0.1) is 0 Å². The van der Waals surface area contributed by atoms with E-state index in [1.807, 2.05) is 43.3 Å². The second kappa shape index (κ2) is 8.08. The number of carbonyl (C=O) groups is 1. The zero-order valence-corrected chi connectivity index (χ0v) is 13.0. The summed E-state index contributed by atoms with van der Waals surface area (Å²) in [7, 11) is 1.58. The molecule has 1 amide bonds. The molecule has 22 heavy (non-hydrogen) atoms. The first kappa shape index (κ1) is 15.9. The molecule has 0 radical (unpaired) electrons. The molecule has 0 unspecified atom stereocenters. The highest BCUT2D eigenvalue weighted by Gasteiger charge is 2.08. The SMILES string of the molecule is CCOc1ccc(NC(=O)CCc2ccccc2)cc1OC. The predicted octanol–water partition coefficient (Wildman–Crippen LogP) is 3.67. The molecule has 4 nitrogen and oxygen atoms in total. The van der Waals surface area contributed by atoms with E-state index in [1.54, 1.807) is 19.2 Å². The van der Waals surface area contributed by atoms with Crippen molar-refractivity contribution in [2.45, 2.75) is 19.8 Å². The molecule has 2 aromatic rings. The molecule has 0 bridgehead atoms. The Balaban J connectivity index is 1.93. The molecular formula is C18H21NO3. The van der Waals surface area contributed by atoms with Gasteiger partial charge >= 0.3 is 0 Å². The van der Waals surface area contributed by atoms with Crippen molar-refractivity contribution >= 4 is 11.6 Å². The number of hydrogen-bond donors (Lipinski definition) is 1. The summed E-state index contributed by atoms with van der Waals surface area (Å²) in [6.45, 7) is 2.48. The molecule has 116 valence electrons. The quantitative estimate of drug-likeness (QED) is 0.848. The maximum absolute atomic E-state index is 12.0. The number of benzene rings is 2. The van der Waals surface area contributed by atoms with Gasteiger partial charge < -0.3 is 14.8 Å². The molecule has 0 aliphatic heterocycles. The molecule has 2 rings (SSSR count). The molecule has 0 aliphatic rings. The summed E-state index contributed by atoms with van der Waals surface area (Å²) in [5.74, 6) is 1.27. The molecule has 1 N–H and O–H groups in total. The van der Waals surface area contributed by atoms with E-state index >= 15 is 0 Å². The van der Waals surface area contributed by atoms with E-state index in [4.69, 9.17) is 9.47 Å². The van der Waals surface area contributed by atoms with Crippen molar-refractivity contribution in [1.29, 1.82) is 0 Å². The highest BCUT2D eigenvalue weighted by atomic mass is 16.5. The topological polar surface area (TPSA) is 47.6 Å². The van der Waals surface area contributed by atoms with E-state index in [-0.39, 0.29) is 5.91 Å². The lowest BCUT2D eigenvalue weighted by molar-refractivity contribution is -0.116. The fourth-order valence-corrected chi connectivity index (χ4v) is 2.15. The minimum atomic E-state index is -0.0185. The number of carbonyl (C=O) groups excluding carboxylic acids is 1. The number of anilines is 1. The second-order valence-corrected chi connectivity index (χ2v) is 4.83. The Kier molecular flexibility index (Phi) is 5.83. The van der Waals surface area contributed by atoms with Gasteiger partial charge in [0, 0.05) is 18.2 Å². The van der Waals surface area contributed by atoms with Crippen LogP contribution in [0.5, 0.6) is 11.5 Å². The largest absolute Gasteiger partial charge is 0.493 e. The van der Waals surface area contributed by atoms with Gasteiger partial charge in [0.05, 0.1) is 13.7 Å². The van der Waals surface area contributed by atoms with E-state index in [9.17, 15) is 4.79 Å². The molecule has 0 aliphatic carbocycles. The summed E-state index contributed by atoms with van der Waals surface area (Å²) < 4.78 is 10.7. The molecule has 0 heterocycles. The molecule has 0 fully saturated rings. The Hall–Kier alpha value is -2.49. The highest BCUT2D eigenvalue weighted by Crippen LogP contribution is 2.30. The molecule has 4 heteroatoms. The molecule has 0 aromatic heterocycles. The van der Waals surface area contributed by atoms with Gasteiger partial charge in [0.2, 0.25) is 5.91 Å². The van der Waals surface area contributed by atoms with Crippen molar-refractivity contribution in [3.05, 3.63) is 54.1 Å². The van der Waals surface area contributed by atoms with Gasteiger partial charge in [0.25, 0.3) is 0 Å². The van der Waals surface area contributed by atoms with Crippen LogP contribution in [0.3, 0.4) is 0 Å². The first-order valence-corrected chi connectivity index (χ1v) is 7.37. The van der Waals surface area contributed by atoms with Gasteiger partial charge in [0.15, 0.2) is 11.5 Å². The number of aryl methyl sites for hydroxylation is 1. The number of methoxy groups -OCH3 is 1. The fourth-order valence-electron chi connectivity index (χ4n) is 2.15. The Labute approximate surface area is 131 Å². The Morgan fingerprint density at radius 2 is 1.86 bits per heavy atom. The Morgan fingerprint density at radius 3 is 2.55 bits per heavy atom. The van der Waals surface area contributed by atoms with E-state index < -0.39 is 0 Å². The van der Waals surface area contributed by atoms with Gasteiger partial charge in [-0.15, -0.1) is 0 Å². The average Bonchev–Trinajstić information content (AvgIpc) is 2.55. The van der Waals surface area contributed by atoms with Crippen LogP contribution >= 0.6 is 0 Å². The smallest absolute Gasteiger partial charge is 0.224 e. The molecule has 2 aromatic carbocycles. The van der Waals surface area contributed by atoms with Gasteiger partial charge in [-0.1, -0.05) is 30.3 Å². The van der Waals surface area contributed by atoms with Crippen LogP contribution in [0.4, 0.5) is 5.69 Å². The second-order valence-electron chi connectivity index (χ2n) is 4.83. The van der Waals surface area contributed by atoms with Gasteiger partial charge in [0.1, 0.15) is 0 Å². The van der Waals surface area contributed by atoms with Crippen molar-refractivity contribution in [3.8, 4) is 11.5 Å². The number of amides is 1. The predicted molar refractivity (Wildman–Crippen MR) is 87.6 cm³/mol.